The number of amides is 1. The standard InChI is InChI=1S/C15H15NO4/c17-12-7-6-11(8-13(12)18)15(20)16-9-14(19)10-4-2-1-3-5-10/h1-8,14,17-19H,9H2,(H,16,20). The number of aromatic hydroxyl groups is 2. The predicted octanol–water partition coefficient (Wildman–Crippen LogP) is 1.56. The van der Waals surface area contributed by atoms with Crippen molar-refractivity contribution in [2.24, 2.45) is 0 Å². The number of aliphatic hydroxyl groups excluding tert-OH is 1. The van der Waals surface area contributed by atoms with E-state index in [1.54, 1.807) is 24.3 Å². The number of hydrogen-bond acceptors (Lipinski definition) is 4. The monoisotopic (exact) mass is 273 g/mol. The van der Waals surface area contributed by atoms with Crippen LogP contribution in [0.5, 0.6) is 11.5 Å². The van der Waals surface area contributed by atoms with Gasteiger partial charge < -0.3 is 20.6 Å². The van der Waals surface area contributed by atoms with Gasteiger partial charge >= 0.3 is 0 Å². The van der Waals surface area contributed by atoms with Gasteiger partial charge in [0.1, 0.15) is 0 Å². The van der Waals surface area contributed by atoms with Crippen molar-refractivity contribution in [2.75, 3.05) is 6.54 Å². The molecular formula is C15H15NO4. The molecule has 2 aromatic rings. The summed E-state index contributed by atoms with van der Waals surface area (Å²) in [6.07, 6.45) is -0.800. The van der Waals surface area contributed by atoms with Crippen LogP contribution < -0.4 is 5.32 Å². The summed E-state index contributed by atoms with van der Waals surface area (Å²) < 4.78 is 0. The molecular weight excluding hydrogens is 258 g/mol. The number of carbonyl (C=O) groups is 1. The number of benzene rings is 2. The van der Waals surface area contributed by atoms with Gasteiger partial charge in [-0.25, -0.2) is 0 Å². The average molecular weight is 273 g/mol. The van der Waals surface area contributed by atoms with Crippen LogP contribution >= 0.6 is 0 Å². The molecule has 2 rings (SSSR count). The first-order valence-corrected chi connectivity index (χ1v) is 6.11. The molecule has 0 saturated heterocycles. The van der Waals surface area contributed by atoms with Gasteiger partial charge in [-0.1, -0.05) is 30.3 Å². The fourth-order valence-electron chi connectivity index (χ4n) is 1.75. The van der Waals surface area contributed by atoms with Gasteiger partial charge in [-0.2, -0.15) is 0 Å². The molecule has 2 aromatic carbocycles. The van der Waals surface area contributed by atoms with Gasteiger partial charge in [0.15, 0.2) is 11.5 Å². The maximum Gasteiger partial charge on any atom is 0.251 e. The Morgan fingerprint density at radius 3 is 2.40 bits per heavy atom. The molecule has 0 spiro atoms. The Hall–Kier alpha value is -2.53. The van der Waals surface area contributed by atoms with E-state index in [2.05, 4.69) is 5.32 Å². The molecule has 5 heteroatoms. The molecule has 1 atom stereocenters. The number of phenolic OH excluding ortho intramolecular Hbond substituents is 2. The van der Waals surface area contributed by atoms with E-state index >= 15 is 0 Å². The minimum Gasteiger partial charge on any atom is -0.504 e. The summed E-state index contributed by atoms with van der Waals surface area (Å²) in [6, 6.07) is 12.8. The Balaban J connectivity index is 1.97. The van der Waals surface area contributed by atoms with E-state index < -0.39 is 12.0 Å². The highest BCUT2D eigenvalue weighted by atomic mass is 16.3. The van der Waals surface area contributed by atoms with E-state index in [4.69, 9.17) is 0 Å². The fraction of sp³-hybridized carbons (Fsp3) is 0.133. The molecule has 0 radical (unpaired) electrons. The Morgan fingerprint density at radius 1 is 1.05 bits per heavy atom. The van der Waals surface area contributed by atoms with Gasteiger partial charge in [-0.3, -0.25) is 4.79 Å². The third-order valence-electron chi connectivity index (χ3n) is 2.88. The summed E-state index contributed by atoms with van der Waals surface area (Å²) in [5, 5.41) is 31.0. The van der Waals surface area contributed by atoms with Crippen LogP contribution in [0.3, 0.4) is 0 Å². The topological polar surface area (TPSA) is 89.8 Å². The second kappa shape index (κ2) is 6.08. The highest BCUT2D eigenvalue weighted by molar-refractivity contribution is 5.94. The summed E-state index contributed by atoms with van der Waals surface area (Å²) in [6.45, 7) is 0.0600. The van der Waals surface area contributed by atoms with Crippen LogP contribution in [-0.4, -0.2) is 27.8 Å². The molecule has 1 unspecified atom stereocenters. The zero-order chi connectivity index (χ0) is 14.5. The first-order valence-electron chi connectivity index (χ1n) is 6.11. The largest absolute Gasteiger partial charge is 0.504 e. The lowest BCUT2D eigenvalue weighted by atomic mass is 10.1. The first-order chi connectivity index (χ1) is 9.58. The van der Waals surface area contributed by atoms with Crippen LogP contribution in [0.25, 0.3) is 0 Å². The van der Waals surface area contributed by atoms with Crippen molar-refractivity contribution >= 4 is 5.91 Å². The van der Waals surface area contributed by atoms with Crippen LogP contribution in [-0.2, 0) is 0 Å². The molecule has 0 bridgehead atoms. The second-order valence-electron chi connectivity index (χ2n) is 4.34. The molecule has 104 valence electrons. The first kappa shape index (κ1) is 13.9. The Labute approximate surface area is 116 Å². The number of carbonyl (C=O) groups excluding carboxylic acids is 1. The summed E-state index contributed by atoms with van der Waals surface area (Å²) in [5.74, 6) is -1.08. The fourth-order valence-corrected chi connectivity index (χ4v) is 1.75. The summed E-state index contributed by atoms with van der Waals surface area (Å²) in [7, 11) is 0. The maximum atomic E-state index is 11.8. The van der Waals surface area contributed by atoms with E-state index in [0.717, 1.165) is 0 Å². The lowest BCUT2D eigenvalue weighted by Gasteiger charge is -2.12. The quantitative estimate of drug-likeness (QED) is 0.636. The highest BCUT2D eigenvalue weighted by Gasteiger charge is 2.12. The molecule has 0 heterocycles. The number of nitrogens with one attached hydrogen (secondary N) is 1. The number of aliphatic hydroxyl groups is 1. The molecule has 0 aliphatic carbocycles. The van der Waals surface area contributed by atoms with Gasteiger partial charge in [-0.15, -0.1) is 0 Å². The Kier molecular flexibility index (Phi) is 4.22. The zero-order valence-electron chi connectivity index (χ0n) is 10.7. The zero-order valence-corrected chi connectivity index (χ0v) is 10.7. The van der Waals surface area contributed by atoms with Crippen LogP contribution in [0.2, 0.25) is 0 Å². The van der Waals surface area contributed by atoms with Gasteiger partial charge in [-0.05, 0) is 23.8 Å². The summed E-state index contributed by atoms with van der Waals surface area (Å²) >= 11 is 0. The van der Waals surface area contributed by atoms with Crippen molar-refractivity contribution in [3.8, 4) is 11.5 Å². The lowest BCUT2D eigenvalue weighted by molar-refractivity contribution is 0.0916. The predicted molar refractivity (Wildman–Crippen MR) is 73.5 cm³/mol. The van der Waals surface area contributed by atoms with Gasteiger partial charge in [0.05, 0.1) is 6.10 Å². The molecule has 0 aliphatic rings. The Morgan fingerprint density at radius 2 is 1.75 bits per heavy atom. The van der Waals surface area contributed by atoms with Crippen LogP contribution in [0.4, 0.5) is 0 Å². The highest BCUT2D eigenvalue weighted by Crippen LogP contribution is 2.24. The van der Waals surface area contributed by atoms with Gasteiger partial charge in [0.25, 0.3) is 5.91 Å². The average Bonchev–Trinajstić information content (AvgIpc) is 2.48. The van der Waals surface area contributed by atoms with Crippen molar-refractivity contribution in [1.29, 1.82) is 0 Å². The molecule has 0 aliphatic heterocycles. The van der Waals surface area contributed by atoms with Crippen molar-refractivity contribution in [2.45, 2.75) is 6.10 Å². The van der Waals surface area contributed by atoms with E-state index in [1.165, 1.54) is 18.2 Å². The van der Waals surface area contributed by atoms with Gasteiger partial charge in [0, 0.05) is 12.1 Å². The minimum atomic E-state index is -0.800. The summed E-state index contributed by atoms with van der Waals surface area (Å²) in [5.41, 5.74) is 0.918. The molecule has 1 amide bonds. The third kappa shape index (κ3) is 3.27. The molecule has 20 heavy (non-hydrogen) atoms. The van der Waals surface area contributed by atoms with E-state index in [9.17, 15) is 20.1 Å². The van der Waals surface area contributed by atoms with Crippen molar-refractivity contribution < 1.29 is 20.1 Å². The summed E-state index contributed by atoms with van der Waals surface area (Å²) in [4.78, 5) is 11.8. The number of rotatable bonds is 4. The number of hydrogen-bond donors (Lipinski definition) is 4. The molecule has 0 fully saturated rings. The molecule has 5 nitrogen and oxygen atoms in total. The van der Waals surface area contributed by atoms with Crippen molar-refractivity contribution in [1.82, 2.24) is 5.32 Å². The third-order valence-corrected chi connectivity index (χ3v) is 2.88. The minimum absolute atomic E-state index is 0.0600. The van der Waals surface area contributed by atoms with E-state index in [0.29, 0.717) is 5.56 Å². The second-order valence-corrected chi connectivity index (χ2v) is 4.34. The number of phenols is 2. The lowest BCUT2D eigenvalue weighted by Crippen LogP contribution is -2.28. The van der Waals surface area contributed by atoms with Crippen LogP contribution in [0.15, 0.2) is 48.5 Å². The smallest absolute Gasteiger partial charge is 0.251 e. The van der Waals surface area contributed by atoms with E-state index in [-0.39, 0.29) is 23.6 Å². The molecule has 0 aromatic heterocycles. The van der Waals surface area contributed by atoms with Crippen LogP contribution in [0.1, 0.15) is 22.0 Å². The molecule has 4 N–H and O–H groups in total. The van der Waals surface area contributed by atoms with Crippen molar-refractivity contribution in [3.05, 3.63) is 59.7 Å². The van der Waals surface area contributed by atoms with E-state index in [1.807, 2.05) is 6.07 Å². The van der Waals surface area contributed by atoms with Gasteiger partial charge in [0.2, 0.25) is 0 Å². The van der Waals surface area contributed by atoms with Crippen molar-refractivity contribution in [3.63, 3.8) is 0 Å². The maximum absolute atomic E-state index is 11.8. The van der Waals surface area contributed by atoms with Crippen LogP contribution in [0, 0.1) is 0 Å². The molecule has 0 saturated carbocycles. The normalized spacial score (nSPS) is 11.8. The Bertz CT molecular complexity index is 598. The SMILES string of the molecule is O=C(NCC(O)c1ccccc1)c1ccc(O)c(O)c1.